The average molecular weight is 236 g/mol. The summed E-state index contributed by atoms with van der Waals surface area (Å²) < 4.78 is 0. The van der Waals surface area contributed by atoms with E-state index in [1.165, 1.54) is 32.1 Å². The molecule has 2 heteroatoms. The van der Waals surface area contributed by atoms with E-state index in [2.05, 4.69) is 19.2 Å². The number of nitrogens with one attached hydrogen (secondary N) is 1. The van der Waals surface area contributed by atoms with Crippen molar-refractivity contribution in [2.24, 2.45) is 35.3 Å². The average Bonchev–Trinajstić information content (AvgIpc) is 2.28. The van der Waals surface area contributed by atoms with Crippen LogP contribution in [0.1, 0.15) is 46.0 Å². The molecule has 0 aromatic rings. The van der Waals surface area contributed by atoms with Crippen molar-refractivity contribution in [2.45, 2.75) is 51.5 Å². The van der Waals surface area contributed by atoms with E-state index in [9.17, 15) is 0 Å². The molecule has 0 heterocycles. The molecule has 0 spiro atoms. The molecule has 4 aliphatic carbocycles. The lowest BCUT2D eigenvalue weighted by molar-refractivity contribution is -0.0700. The Bertz CT molecular complexity index is 257. The first-order chi connectivity index (χ1) is 8.14. The number of hydrogen-bond acceptors (Lipinski definition) is 2. The fourth-order valence-corrected chi connectivity index (χ4v) is 5.11. The Labute approximate surface area is 106 Å². The van der Waals surface area contributed by atoms with Gasteiger partial charge in [-0.05, 0) is 68.2 Å². The highest BCUT2D eigenvalue weighted by atomic mass is 15.0. The van der Waals surface area contributed by atoms with Crippen LogP contribution in [0.5, 0.6) is 0 Å². The molecule has 0 radical (unpaired) electrons. The van der Waals surface area contributed by atoms with Crippen LogP contribution in [0.3, 0.4) is 0 Å². The molecule has 98 valence electrons. The molecule has 4 saturated carbocycles. The van der Waals surface area contributed by atoms with Crippen LogP contribution in [0.2, 0.25) is 0 Å². The molecule has 0 aliphatic heterocycles. The minimum atomic E-state index is 0.303. The number of rotatable bonds is 4. The van der Waals surface area contributed by atoms with Gasteiger partial charge in [0.15, 0.2) is 0 Å². The normalized spacial score (nSPS) is 48.0. The van der Waals surface area contributed by atoms with E-state index in [1.54, 1.807) is 0 Å². The van der Waals surface area contributed by atoms with Gasteiger partial charge in [0.05, 0.1) is 0 Å². The lowest BCUT2D eigenvalue weighted by Crippen LogP contribution is -2.68. The van der Waals surface area contributed by atoms with Crippen molar-refractivity contribution < 1.29 is 0 Å². The van der Waals surface area contributed by atoms with E-state index in [-0.39, 0.29) is 0 Å². The third-order valence-corrected chi connectivity index (χ3v) is 5.77. The van der Waals surface area contributed by atoms with Gasteiger partial charge >= 0.3 is 0 Å². The Kier molecular flexibility index (Phi) is 2.99. The predicted molar refractivity (Wildman–Crippen MR) is 71.7 cm³/mol. The van der Waals surface area contributed by atoms with Crippen molar-refractivity contribution in [3.05, 3.63) is 0 Å². The SMILES string of the molecule is CC(C)CNC1(CN)C2CC3CC(C2)CC1C3. The van der Waals surface area contributed by atoms with Crippen LogP contribution in [0.15, 0.2) is 0 Å². The summed E-state index contributed by atoms with van der Waals surface area (Å²) in [6, 6.07) is 0. The van der Waals surface area contributed by atoms with Crippen molar-refractivity contribution in [3.8, 4) is 0 Å². The number of hydrogen-bond donors (Lipinski definition) is 2. The van der Waals surface area contributed by atoms with Crippen molar-refractivity contribution in [1.29, 1.82) is 0 Å². The molecule has 0 aromatic heterocycles. The molecular formula is C15H28N2. The van der Waals surface area contributed by atoms with E-state index >= 15 is 0 Å². The van der Waals surface area contributed by atoms with Crippen LogP contribution < -0.4 is 11.1 Å². The molecule has 2 nitrogen and oxygen atoms in total. The topological polar surface area (TPSA) is 38.0 Å². The van der Waals surface area contributed by atoms with E-state index in [4.69, 9.17) is 5.73 Å². The van der Waals surface area contributed by atoms with E-state index in [0.717, 1.165) is 42.7 Å². The van der Waals surface area contributed by atoms with Crippen LogP contribution in [0.4, 0.5) is 0 Å². The Morgan fingerprint density at radius 3 is 2.00 bits per heavy atom. The highest BCUT2D eigenvalue weighted by Gasteiger charge is 2.56. The zero-order valence-corrected chi connectivity index (χ0v) is 11.4. The molecular weight excluding hydrogens is 208 g/mol. The summed E-state index contributed by atoms with van der Waals surface area (Å²) in [6.45, 7) is 6.59. The minimum absolute atomic E-state index is 0.303. The van der Waals surface area contributed by atoms with Gasteiger partial charge in [0.25, 0.3) is 0 Å². The maximum Gasteiger partial charge on any atom is 0.0361 e. The molecule has 0 unspecified atom stereocenters. The predicted octanol–water partition coefficient (Wildman–Crippen LogP) is 2.39. The van der Waals surface area contributed by atoms with Gasteiger partial charge in [-0.1, -0.05) is 13.8 Å². The van der Waals surface area contributed by atoms with Crippen molar-refractivity contribution in [3.63, 3.8) is 0 Å². The Morgan fingerprint density at radius 2 is 1.59 bits per heavy atom. The van der Waals surface area contributed by atoms with Gasteiger partial charge in [-0.25, -0.2) is 0 Å². The zero-order chi connectivity index (χ0) is 12.0. The van der Waals surface area contributed by atoms with Crippen LogP contribution in [0, 0.1) is 29.6 Å². The monoisotopic (exact) mass is 236 g/mol. The standard InChI is InChI=1S/C15H28N2/c1-10(2)8-17-15(9-16)13-4-11-3-12(6-13)7-14(15)5-11/h10-14,17H,3-9,16H2,1-2H3. The molecule has 0 amide bonds. The molecule has 0 aromatic carbocycles. The van der Waals surface area contributed by atoms with E-state index in [1.807, 2.05) is 0 Å². The Morgan fingerprint density at radius 1 is 1.06 bits per heavy atom. The summed E-state index contributed by atoms with van der Waals surface area (Å²) in [4.78, 5) is 0. The maximum atomic E-state index is 6.21. The first-order valence-corrected chi connectivity index (χ1v) is 7.59. The molecule has 3 N–H and O–H groups in total. The van der Waals surface area contributed by atoms with Gasteiger partial charge in [0.1, 0.15) is 0 Å². The van der Waals surface area contributed by atoms with Crippen molar-refractivity contribution in [2.75, 3.05) is 13.1 Å². The van der Waals surface area contributed by atoms with Crippen LogP contribution in [0.25, 0.3) is 0 Å². The lowest BCUT2D eigenvalue weighted by Gasteiger charge is -2.61. The summed E-state index contributed by atoms with van der Waals surface area (Å²) in [7, 11) is 0. The van der Waals surface area contributed by atoms with Gasteiger partial charge < -0.3 is 11.1 Å². The van der Waals surface area contributed by atoms with E-state index in [0.29, 0.717) is 5.54 Å². The van der Waals surface area contributed by atoms with Crippen LogP contribution in [-0.2, 0) is 0 Å². The van der Waals surface area contributed by atoms with Gasteiger partial charge in [-0.3, -0.25) is 0 Å². The summed E-state index contributed by atoms with van der Waals surface area (Å²) >= 11 is 0. The highest BCUT2D eigenvalue weighted by Crippen LogP contribution is 2.57. The summed E-state index contributed by atoms with van der Waals surface area (Å²) in [6.07, 6.45) is 7.34. The number of nitrogens with two attached hydrogens (primary N) is 1. The molecule has 4 bridgehead atoms. The van der Waals surface area contributed by atoms with E-state index < -0.39 is 0 Å². The maximum absolute atomic E-state index is 6.21. The van der Waals surface area contributed by atoms with Crippen LogP contribution in [-0.4, -0.2) is 18.6 Å². The quantitative estimate of drug-likeness (QED) is 0.786. The third-order valence-electron chi connectivity index (χ3n) is 5.77. The van der Waals surface area contributed by atoms with Gasteiger partial charge in [-0.2, -0.15) is 0 Å². The van der Waals surface area contributed by atoms with Gasteiger partial charge in [0, 0.05) is 12.1 Å². The van der Waals surface area contributed by atoms with Gasteiger partial charge in [0.2, 0.25) is 0 Å². The largest absolute Gasteiger partial charge is 0.329 e. The molecule has 17 heavy (non-hydrogen) atoms. The third kappa shape index (κ3) is 1.84. The molecule has 4 fully saturated rings. The fourth-order valence-electron chi connectivity index (χ4n) is 5.11. The van der Waals surface area contributed by atoms with Crippen LogP contribution >= 0.6 is 0 Å². The van der Waals surface area contributed by atoms with Crippen molar-refractivity contribution >= 4 is 0 Å². The Balaban J connectivity index is 1.79. The molecule has 4 rings (SSSR count). The Hall–Kier alpha value is -0.0800. The smallest absolute Gasteiger partial charge is 0.0361 e. The summed E-state index contributed by atoms with van der Waals surface area (Å²) in [5.41, 5.74) is 6.52. The molecule has 0 saturated heterocycles. The minimum Gasteiger partial charge on any atom is -0.329 e. The second-order valence-electron chi connectivity index (χ2n) is 7.32. The first kappa shape index (κ1) is 12.0. The molecule has 0 atom stereocenters. The summed E-state index contributed by atoms with van der Waals surface area (Å²) in [5.74, 6) is 4.57. The zero-order valence-electron chi connectivity index (χ0n) is 11.4. The van der Waals surface area contributed by atoms with Crippen molar-refractivity contribution in [1.82, 2.24) is 5.32 Å². The highest BCUT2D eigenvalue weighted by molar-refractivity contribution is 5.11. The lowest BCUT2D eigenvalue weighted by atomic mass is 9.48. The molecule has 4 aliphatic rings. The fraction of sp³-hybridized carbons (Fsp3) is 1.00. The first-order valence-electron chi connectivity index (χ1n) is 7.59. The van der Waals surface area contributed by atoms with Gasteiger partial charge in [-0.15, -0.1) is 0 Å². The second-order valence-corrected chi connectivity index (χ2v) is 7.32. The summed E-state index contributed by atoms with van der Waals surface area (Å²) in [5, 5.41) is 3.90. The second kappa shape index (κ2) is 4.24.